The first-order chi connectivity index (χ1) is 11.6. The zero-order chi connectivity index (χ0) is 16.9. The van der Waals surface area contributed by atoms with Gasteiger partial charge in [-0.05, 0) is 17.7 Å². The number of rotatable bonds is 5. The zero-order valence-corrected chi connectivity index (χ0v) is 13.0. The van der Waals surface area contributed by atoms with Crippen LogP contribution in [0.15, 0.2) is 59.0 Å². The molecule has 1 heterocycles. The molecule has 0 spiro atoms. The van der Waals surface area contributed by atoms with Gasteiger partial charge in [0.2, 0.25) is 5.13 Å². The average Bonchev–Trinajstić information content (AvgIpc) is 3.06. The van der Waals surface area contributed by atoms with Gasteiger partial charge >= 0.3 is 0 Å². The molecule has 3 rings (SSSR count). The van der Waals surface area contributed by atoms with Crippen molar-refractivity contribution in [3.63, 3.8) is 0 Å². The van der Waals surface area contributed by atoms with E-state index < -0.39 is 4.92 Å². The van der Waals surface area contributed by atoms with Crippen LogP contribution in [0.3, 0.4) is 0 Å². The van der Waals surface area contributed by atoms with E-state index in [0.717, 1.165) is 5.56 Å². The highest BCUT2D eigenvalue weighted by atomic mass is 32.1. The maximum Gasteiger partial charge on any atom is 0.270 e. The predicted molar refractivity (Wildman–Crippen MR) is 91.8 cm³/mol. The van der Waals surface area contributed by atoms with Gasteiger partial charge in [-0.3, -0.25) is 15.5 Å². The molecule has 2 aromatic carbocycles. The molecule has 3 aromatic rings. The highest BCUT2D eigenvalue weighted by Crippen LogP contribution is 2.27. The van der Waals surface area contributed by atoms with E-state index in [1.54, 1.807) is 35.9 Å². The summed E-state index contributed by atoms with van der Waals surface area (Å²) in [7, 11) is 0. The number of hydrogen-bond donors (Lipinski definition) is 1. The summed E-state index contributed by atoms with van der Waals surface area (Å²) < 4.78 is 12.8. The average molecular weight is 342 g/mol. The van der Waals surface area contributed by atoms with Crippen LogP contribution in [0, 0.1) is 15.9 Å². The fraction of sp³-hybridized carbons (Fsp3) is 0. The monoisotopic (exact) mass is 342 g/mol. The largest absolute Gasteiger partial charge is 0.270 e. The number of halogens is 1. The molecular weight excluding hydrogens is 331 g/mol. The Kier molecular flexibility index (Phi) is 4.57. The van der Waals surface area contributed by atoms with Gasteiger partial charge in [0.1, 0.15) is 5.82 Å². The number of nitro groups is 1. The molecule has 0 aliphatic carbocycles. The Hall–Kier alpha value is -3.13. The fourth-order valence-electron chi connectivity index (χ4n) is 1.95. The van der Waals surface area contributed by atoms with Crippen LogP contribution in [0.2, 0.25) is 0 Å². The molecule has 1 aromatic heterocycles. The Morgan fingerprint density at radius 1 is 1.25 bits per heavy atom. The minimum absolute atomic E-state index is 0.0179. The second-order valence-electron chi connectivity index (χ2n) is 4.77. The minimum atomic E-state index is -0.442. The Morgan fingerprint density at radius 2 is 2.04 bits per heavy atom. The summed E-state index contributed by atoms with van der Waals surface area (Å²) in [5.74, 6) is -0.304. The smallest absolute Gasteiger partial charge is 0.258 e. The summed E-state index contributed by atoms with van der Waals surface area (Å²) in [4.78, 5) is 14.7. The van der Waals surface area contributed by atoms with E-state index in [2.05, 4.69) is 15.5 Å². The van der Waals surface area contributed by atoms with Gasteiger partial charge in [0.15, 0.2) is 0 Å². The second-order valence-corrected chi connectivity index (χ2v) is 5.62. The first kappa shape index (κ1) is 15.8. The van der Waals surface area contributed by atoms with Gasteiger partial charge in [-0.25, -0.2) is 9.37 Å². The van der Waals surface area contributed by atoms with Crippen LogP contribution in [0.25, 0.3) is 11.3 Å². The third-order valence-corrected chi connectivity index (χ3v) is 3.85. The highest BCUT2D eigenvalue weighted by molar-refractivity contribution is 7.14. The van der Waals surface area contributed by atoms with Crippen molar-refractivity contribution in [2.45, 2.75) is 0 Å². The quantitative estimate of drug-likeness (QED) is 0.426. The second kappa shape index (κ2) is 6.97. The molecule has 8 heteroatoms. The van der Waals surface area contributed by atoms with Crippen molar-refractivity contribution >= 4 is 28.4 Å². The summed E-state index contributed by atoms with van der Waals surface area (Å²) in [6.07, 6.45) is 1.55. The van der Waals surface area contributed by atoms with Crippen LogP contribution in [-0.4, -0.2) is 16.1 Å². The number of thiazole rings is 1. The number of nitro benzene ring substituents is 1. The van der Waals surface area contributed by atoms with Gasteiger partial charge in [0.25, 0.3) is 5.69 Å². The molecule has 0 atom stereocenters. The number of anilines is 1. The van der Waals surface area contributed by atoms with Crippen LogP contribution in [-0.2, 0) is 0 Å². The number of nitrogens with one attached hydrogen (secondary N) is 1. The molecule has 0 aliphatic heterocycles. The lowest BCUT2D eigenvalue weighted by Crippen LogP contribution is -1.91. The van der Waals surface area contributed by atoms with E-state index in [1.165, 1.54) is 35.6 Å². The molecule has 0 bridgehead atoms. The van der Waals surface area contributed by atoms with Crippen molar-refractivity contribution in [3.8, 4) is 11.3 Å². The number of hydrazone groups is 1. The number of aromatic nitrogens is 1. The van der Waals surface area contributed by atoms with Crippen LogP contribution >= 0.6 is 11.3 Å². The molecule has 24 heavy (non-hydrogen) atoms. The van der Waals surface area contributed by atoms with E-state index in [4.69, 9.17) is 0 Å². The summed E-state index contributed by atoms with van der Waals surface area (Å²) in [5.41, 5.74) is 4.84. The Morgan fingerprint density at radius 3 is 2.79 bits per heavy atom. The van der Waals surface area contributed by atoms with Crippen molar-refractivity contribution in [3.05, 3.63) is 75.4 Å². The fourth-order valence-corrected chi connectivity index (χ4v) is 2.62. The predicted octanol–water partition coefficient (Wildman–Crippen LogP) is 4.30. The Bertz CT molecular complexity index is 893. The van der Waals surface area contributed by atoms with E-state index in [9.17, 15) is 14.5 Å². The molecule has 0 radical (unpaired) electrons. The normalized spacial score (nSPS) is 10.9. The molecule has 120 valence electrons. The van der Waals surface area contributed by atoms with E-state index in [0.29, 0.717) is 16.4 Å². The topological polar surface area (TPSA) is 80.4 Å². The lowest BCUT2D eigenvalue weighted by atomic mass is 10.1. The molecule has 6 nitrogen and oxygen atoms in total. The first-order valence-electron chi connectivity index (χ1n) is 6.87. The van der Waals surface area contributed by atoms with Crippen LogP contribution in [0.5, 0.6) is 0 Å². The van der Waals surface area contributed by atoms with Crippen molar-refractivity contribution in [1.82, 2.24) is 4.98 Å². The van der Waals surface area contributed by atoms with Gasteiger partial charge in [0, 0.05) is 23.1 Å². The molecule has 0 aliphatic rings. The van der Waals surface area contributed by atoms with Crippen LogP contribution in [0.1, 0.15) is 5.56 Å². The zero-order valence-electron chi connectivity index (χ0n) is 12.2. The van der Waals surface area contributed by atoms with E-state index in [-0.39, 0.29) is 11.5 Å². The molecule has 0 fully saturated rings. The van der Waals surface area contributed by atoms with Crippen molar-refractivity contribution in [1.29, 1.82) is 0 Å². The first-order valence-corrected chi connectivity index (χ1v) is 7.75. The number of non-ortho nitro benzene ring substituents is 1. The van der Waals surface area contributed by atoms with Gasteiger partial charge < -0.3 is 0 Å². The van der Waals surface area contributed by atoms with Gasteiger partial charge in [-0.15, -0.1) is 11.3 Å². The summed E-state index contributed by atoms with van der Waals surface area (Å²) >= 11 is 1.33. The maximum atomic E-state index is 12.8. The van der Waals surface area contributed by atoms with Crippen molar-refractivity contribution in [2.75, 3.05) is 5.43 Å². The molecule has 1 N–H and O–H groups in total. The van der Waals surface area contributed by atoms with Gasteiger partial charge in [-0.2, -0.15) is 5.10 Å². The molecule has 0 saturated carbocycles. The summed E-state index contributed by atoms with van der Waals surface area (Å²) in [6, 6.07) is 12.2. The third-order valence-electron chi connectivity index (χ3n) is 3.10. The van der Waals surface area contributed by atoms with Crippen molar-refractivity contribution in [2.24, 2.45) is 5.10 Å². The molecular formula is C16H11FN4O2S. The third kappa shape index (κ3) is 3.79. The standard InChI is InChI=1S/C16H11FN4O2S/c17-13-6-4-11(5-7-13)9-18-20-16-19-15(10-24-16)12-2-1-3-14(8-12)21(22)23/h1-10H,(H,19,20). The lowest BCUT2D eigenvalue weighted by Gasteiger charge is -1.97. The van der Waals surface area contributed by atoms with Crippen LogP contribution < -0.4 is 5.43 Å². The molecule has 0 unspecified atom stereocenters. The van der Waals surface area contributed by atoms with E-state index in [1.807, 2.05) is 0 Å². The Balaban J connectivity index is 1.70. The number of benzene rings is 2. The van der Waals surface area contributed by atoms with Gasteiger partial charge in [-0.1, -0.05) is 24.3 Å². The summed E-state index contributed by atoms with van der Waals surface area (Å²) in [5, 5.41) is 17.2. The van der Waals surface area contributed by atoms with Crippen LogP contribution in [0.4, 0.5) is 15.2 Å². The van der Waals surface area contributed by atoms with E-state index >= 15 is 0 Å². The molecule has 0 saturated heterocycles. The number of nitrogens with zero attached hydrogens (tertiary/aromatic N) is 3. The minimum Gasteiger partial charge on any atom is -0.258 e. The lowest BCUT2D eigenvalue weighted by molar-refractivity contribution is -0.384. The maximum absolute atomic E-state index is 12.8. The number of hydrogen-bond acceptors (Lipinski definition) is 6. The highest BCUT2D eigenvalue weighted by Gasteiger charge is 2.09. The summed E-state index contributed by atoms with van der Waals surface area (Å²) in [6.45, 7) is 0. The van der Waals surface area contributed by atoms with Gasteiger partial charge in [0.05, 0.1) is 16.8 Å². The van der Waals surface area contributed by atoms with Crippen molar-refractivity contribution < 1.29 is 9.31 Å². The SMILES string of the molecule is O=[N+]([O-])c1cccc(-c2csc(NN=Cc3ccc(F)cc3)n2)c1. The Labute approximate surface area is 140 Å². The molecule has 0 amide bonds.